The molecule has 0 bridgehead atoms. The number of unbranched alkanes of at least 4 members (excludes halogenated alkanes) is 22. The molecule has 1 aromatic rings. The smallest absolute Gasteiger partial charge is 0.237 e. The van der Waals surface area contributed by atoms with E-state index in [1.54, 1.807) is 0 Å². The largest absolute Gasteiger partial charge is 0.243 e. The van der Waals surface area contributed by atoms with Crippen molar-refractivity contribution in [1.82, 2.24) is 4.57 Å². The molecule has 0 radical (unpaired) electrons. The van der Waals surface area contributed by atoms with Gasteiger partial charge in [-0.05, 0) is 25.7 Å². The molecule has 0 saturated heterocycles. The second-order valence-corrected chi connectivity index (χ2v) is 10.7. The zero-order chi connectivity index (χ0) is 23.7. The molecule has 1 heterocycles. The molecule has 33 heavy (non-hydrogen) atoms. The fraction of sp³-hybridized carbons (Fsp3) is 0.903. The van der Waals surface area contributed by atoms with Crippen LogP contribution in [0.25, 0.3) is 0 Å². The van der Waals surface area contributed by atoms with Gasteiger partial charge >= 0.3 is 0 Å². The number of nitrogens with zero attached hydrogens (tertiary/aromatic N) is 2. The summed E-state index contributed by atoms with van der Waals surface area (Å²) in [5, 5.41) is 0. The van der Waals surface area contributed by atoms with Gasteiger partial charge in [-0.2, -0.15) is 0 Å². The van der Waals surface area contributed by atoms with Crippen molar-refractivity contribution in [1.29, 1.82) is 0 Å². The fourth-order valence-electron chi connectivity index (χ4n) is 4.97. The van der Waals surface area contributed by atoms with E-state index >= 15 is 0 Å². The van der Waals surface area contributed by atoms with Crippen LogP contribution in [-0.2, 0) is 13.1 Å². The Morgan fingerprint density at radius 2 is 0.818 bits per heavy atom. The Morgan fingerprint density at radius 1 is 0.455 bits per heavy atom. The highest BCUT2D eigenvalue weighted by atomic mass is 15.1. The molecule has 0 aromatic carbocycles. The molecule has 1 rings (SSSR count). The summed E-state index contributed by atoms with van der Waals surface area (Å²) in [5.41, 5.74) is 0. The SMILES string of the molecule is CCCCCCCCCCCCCCCC[n+]1ccn(CCCCCCCCCCCC)c1. The first-order chi connectivity index (χ1) is 16.4. The van der Waals surface area contributed by atoms with E-state index in [0.29, 0.717) is 0 Å². The van der Waals surface area contributed by atoms with Gasteiger partial charge in [-0.15, -0.1) is 0 Å². The minimum atomic E-state index is 1.20. The molecule has 2 nitrogen and oxygen atoms in total. The van der Waals surface area contributed by atoms with Gasteiger partial charge < -0.3 is 0 Å². The van der Waals surface area contributed by atoms with Crippen LogP contribution in [0, 0.1) is 0 Å². The van der Waals surface area contributed by atoms with E-state index in [-0.39, 0.29) is 0 Å². The van der Waals surface area contributed by atoms with Gasteiger partial charge in [0, 0.05) is 0 Å². The minimum absolute atomic E-state index is 1.20. The molecule has 1 aromatic heterocycles. The molecular formula is C31H61N2+. The molecule has 0 atom stereocenters. The summed E-state index contributed by atoms with van der Waals surface area (Å²) in [5.74, 6) is 0. The van der Waals surface area contributed by atoms with Crippen LogP contribution in [0.3, 0.4) is 0 Å². The Morgan fingerprint density at radius 3 is 1.24 bits per heavy atom. The van der Waals surface area contributed by atoms with Crippen molar-refractivity contribution in [3.63, 3.8) is 0 Å². The third-order valence-electron chi connectivity index (χ3n) is 7.29. The van der Waals surface area contributed by atoms with Crippen molar-refractivity contribution in [3.05, 3.63) is 18.7 Å². The average Bonchev–Trinajstić information content (AvgIpc) is 3.28. The first-order valence-corrected chi connectivity index (χ1v) is 15.4. The molecule has 2 heteroatoms. The van der Waals surface area contributed by atoms with Gasteiger partial charge in [0.25, 0.3) is 0 Å². The van der Waals surface area contributed by atoms with Crippen LogP contribution in [0.4, 0.5) is 0 Å². The van der Waals surface area contributed by atoms with Gasteiger partial charge in [-0.25, -0.2) is 9.13 Å². The van der Waals surface area contributed by atoms with E-state index in [1.165, 1.54) is 167 Å². The second-order valence-electron chi connectivity index (χ2n) is 10.7. The van der Waals surface area contributed by atoms with E-state index in [9.17, 15) is 0 Å². The maximum atomic E-state index is 2.40. The summed E-state index contributed by atoms with van der Waals surface area (Å²) in [7, 11) is 0. The second kappa shape index (κ2) is 24.3. The van der Waals surface area contributed by atoms with E-state index in [4.69, 9.17) is 0 Å². The first kappa shape index (κ1) is 30.2. The van der Waals surface area contributed by atoms with Gasteiger partial charge in [-0.1, -0.05) is 142 Å². The maximum Gasteiger partial charge on any atom is 0.243 e. The van der Waals surface area contributed by atoms with Crippen LogP contribution in [0.2, 0.25) is 0 Å². The molecule has 0 fully saturated rings. The van der Waals surface area contributed by atoms with Crippen LogP contribution < -0.4 is 4.57 Å². The highest BCUT2D eigenvalue weighted by Crippen LogP contribution is 2.13. The normalized spacial score (nSPS) is 11.5. The molecule has 0 aliphatic rings. The van der Waals surface area contributed by atoms with E-state index in [1.807, 2.05) is 0 Å². The molecule has 194 valence electrons. The van der Waals surface area contributed by atoms with Gasteiger partial charge in [0.05, 0.1) is 13.1 Å². The quantitative estimate of drug-likeness (QED) is 0.0958. The Balaban J connectivity index is 1.83. The molecular weight excluding hydrogens is 400 g/mol. The summed E-state index contributed by atoms with van der Waals surface area (Å²) in [6.45, 7) is 6.99. The van der Waals surface area contributed by atoms with Crippen LogP contribution >= 0.6 is 0 Å². The van der Waals surface area contributed by atoms with E-state index in [0.717, 1.165) is 0 Å². The number of imidazole rings is 1. The highest BCUT2D eigenvalue weighted by Gasteiger charge is 2.03. The first-order valence-electron chi connectivity index (χ1n) is 15.4. The molecule has 0 aliphatic carbocycles. The average molecular weight is 462 g/mol. The predicted molar refractivity (Wildman–Crippen MR) is 147 cm³/mol. The molecule has 0 unspecified atom stereocenters. The fourth-order valence-corrected chi connectivity index (χ4v) is 4.97. The van der Waals surface area contributed by atoms with E-state index in [2.05, 4.69) is 41.7 Å². The minimum Gasteiger partial charge on any atom is -0.237 e. The van der Waals surface area contributed by atoms with Gasteiger partial charge in [-0.3, -0.25) is 0 Å². The van der Waals surface area contributed by atoms with Crippen molar-refractivity contribution >= 4 is 0 Å². The van der Waals surface area contributed by atoms with Gasteiger partial charge in [0.2, 0.25) is 6.33 Å². The molecule has 0 aliphatic heterocycles. The van der Waals surface area contributed by atoms with E-state index < -0.39 is 0 Å². The molecule has 0 amide bonds. The third-order valence-corrected chi connectivity index (χ3v) is 7.29. The maximum absolute atomic E-state index is 2.40. The zero-order valence-corrected chi connectivity index (χ0v) is 23.0. The number of aromatic nitrogens is 2. The number of aryl methyl sites for hydroxylation is 2. The summed E-state index contributed by atoms with van der Waals surface area (Å²) in [6.07, 6.45) is 41.2. The number of hydrogen-bond donors (Lipinski definition) is 0. The Labute approximate surface area is 208 Å². The molecule has 0 N–H and O–H groups in total. The van der Waals surface area contributed by atoms with Crippen molar-refractivity contribution in [3.8, 4) is 0 Å². The van der Waals surface area contributed by atoms with Crippen LogP contribution in [0.5, 0.6) is 0 Å². The van der Waals surface area contributed by atoms with Crippen molar-refractivity contribution < 1.29 is 4.57 Å². The van der Waals surface area contributed by atoms with Crippen LogP contribution in [-0.4, -0.2) is 4.57 Å². The Bertz CT molecular complexity index is 493. The highest BCUT2D eigenvalue weighted by molar-refractivity contribution is 4.66. The monoisotopic (exact) mass is 461 g/mol. The lowest BCUT2D eigenvalue weighted by molar-refractivity contribution is -0.696. The molecule has 0 spiro atoms. The lowest BCUT2D eigenvalue weighted by Gasteiger charge is -2.03. The van der Waals surface area contributed by atoms with Gasteiger partial charge in [0.1, 0.15) is 12.4 Å². The van der Waals surface area contributed by atoms with Crippen molar-refractivity contribution in [2.75, 3.05) is 0 Å². The summed E-state index contributed by atoms with van der Waals surface area (Å²) < 4.78 is 4.80. The standard InChI is InChI=1S/C31H61N2/c1-3-5-7-9-11-13-15-16-17-18-20-22-24-26-28-33-30-29-32(31-33)27-25-23-21-19-14-12-10-8-6-4-2/h29-31H,3-28H2,1-2H3/q+1. The third kappa shape index (κ3) is 20.3. The number of hydrogen-bond acceptors (Lipinski definition) is 0. The Kier molecular flexibility index (Phi) is 22.3. The number of rotatable bonds is 26. The lowest BCUT2D eigenvalue weighted by atomic mass is 10.0. The Hall–Kier alpha value is -0.790. The summed E-state index contributed by atoms with van der Waals surface area (Å²) in [6, 6.07) is 0. The zero-order valence-electron chi connectivity index (χ0n) is 23.0. The predicted octanol–water partition coefficient (Wildman–Crippen LogP) is 10.2. The lowest BCUT2D eigenvalue weighted by Crippen LogP contribution is -2.30. The van der Waals surface area contributed by atoms with Gasteiger partial charge in [0.15, 0.2) is 0 Å². The topological polar surface area (TPSA) is 8.81 Å². The molecule has 0 saturated carbocycles. The summed E-state index contributed by atoms with van der Waals surface area (Å²) in [4.78, 5) is 0. The van der Waals surface area contributed by atoms with Crippen LogP contribution in [0.15, 0.2) is 18.7 Å². The van der Waals surface area contributed by atoms with Crippen molar-refractivity contribution in [2.45, 2.75) is 181 Å². The van der Waals surface area contributed by atoms with Crippen LogP contribution in [0.1, 0.15) is 168 Å². The summed E-state index contributed by atoms with van der Waals surface area (Å²) >= 11 is 0. The van der Waals surface area contributed by atoms with Crippen molar-refractivity contribution in [2.24, 2.45) is 0 Å².